The monoisotopic (exact) mass is 127 g/mol. The second-order valence-corrected chi connectivity index (χ2v) is 4.09. The molecule has 0 aromatic rings. The maximum atomic E-state index is 2.41. The van der Waals surface area contributed by atoms with Gasteiger partial charge in [-0.15, -0.1) is 0 Å². The first-order chi connectivity index (χ1) is 4.02. The van der Waals surface area contributed by atoms with Crippen LogP contribution < -0.4 is 0 Å². The smallest absolute Gasteiger partial charge is 0.00328 e. The third-order valence-corrected chi connectivity index (χ3v) is 2.60. The zero-order valence-electron chi connectivity index (χ0n) is 6.94. The van der Waals surface area contributed by atoms with E-state index in [0.717, 1.165) is 5.92 Å². The van der Waals surface area contributed by atoms with Crippen LogP contribution in [0, 0.1) is 11.3 Å². The minimum absolute atomic E-state index is 0.550. The molecule has 1 atom stereocenters. The molecule has 54 valence electrons. The van der Waals surface area contributed by atoms with E-state index in [0.29, 0.717) is 5.41 Å². The van der Waals surface area contributed by atoms with Crippen LogP contribution in [0.1, 0.15) is 20.8 Å². The minimum atomic E-state index is 0.550. The normalized spacial score (nSPS) is 35.3. The Morgan fingerprint density at radius 2 is 2.00 bits per heavy atom. The predicted octanol–water partition coefficient (Wildman–Crippen LogP) is 1.59. The van der Waals surface area contributed by atoms with Gasteiger partial charge >= 0.3 is 0 Å². The van der Waals surface area contributed by atoms with Crippen LogP contribution in [0.3, 0.4) is 0 Å². The molecule has 0 N–H and O–H groups in total. The lowest BCUT2D eigenvalue weighted by molar-refractivity contribution is 0.297. The summed E-state index contributed by atoms with van der Waals surface area (Å²) in [6, 6.07) is 0. The summed E-state index contributed by atoms with van der Waals surface area (Å²) >= 11 is 0. The van der Waals surface area contributed by atoms with E-state index in [1.807, 2.05) is 0 Å². The SMILES string of the molecule is CC1CN(C)CC1(C)C. The molecule has 0 amide bonds. The number of rotatable bonds is 0. The van der Waals surface area contributed by atoms with Crippen molar-refractivity contribution in [3.63, 3.8) is 0 Å². The van der Waals surface area contributed by atoms with E-state index in [1.54, 1.807) is 0 Å². The van der Waals surface area contributed by atoms with Crippen molar-refractivity contribution in [2.45, 2.75) is 20.8 Å². The molecular formula is C8H17N. The summed E-state index contributed by atoms with van der Waals surface area (Å²) in [6.07, 6.45) is 0. The average molecular weight is 127 g/mol. The van der Waals surface area contributed by atoms with Gasteiger partial charge in [0.05, 0.1) is 0 Å². The van der Waals surface area contributed by atoms with E-state index >= 15 is 0 Å². The lowest BCUT2D eigenvalue weighted by Crippen LogP contribution is -2.20. The molecule has 1 aliphatic heterocycles. The summed E-state index contributed by atoms with van der Waals surface area (Å²) in [6.45, 7) is 9.56. The van der Waals surface area contributed by atoms with Gasteiger partial charge in [-0.3, -0.25) is 0 Å². The molecule has 9 heavy (non-hydrogen) atoms. The third-order valence-electron chi connectivity index (χ3n) is 2.60. The number of hydrogen-bond acceptors (Lipinski definition) is 1. The van der Waals surface area contributed by atoms with E-state index in [4.69, 9.17) is 0 Å². The molecule has 1 saturated heterocycles. The van der Waals surface area contributed by atoms with Crippen molar-refractivity contribution in [1.82, 2.24) is 4.90 Å². The number of nitrogens with zero attached hydrogens (tertiary/aromatic N) is 1. The molecule has 1 heteroatoms. The molecule has 1 fully saturated rings. The Hall–Kier alpha value is -0.0400. The van der Waals surface area contributed by atoms with Crippen molar-refractivity contribution in [1.29, 1.82) is 0 Å². The van der Waals surface area contributed by atoms with Gasteiger partial charge in [0.15, 0.2) is 0 Å². The van der Waals surface area contributed by atoms with Gasteiger partial charge in [-0.25, -0.2) is 0 Å². The summed E-state index contributed by atoms with van der Waals surface area (Å²) in [4.78, 5) is 2.41. The highest BCUT2D eigenvalue weighted by atomic mass is 15.1. The Balaban J connectivity index is 2.58. The van der Waals surface area contributed by atoms with Gasteiger partial charge in [0.1, 0.15) is 0 Å². The molecule has 1 aliphatic rings. The highest BCUT2D eigenvalue weighted by molar-refractivity contribution is 4.86. The van der Waals surface area contributed by atoms with Gasteiger partial charge in [-0.1, -0.05) is 20.8 Å². The Morgan fingerprint density at radius 3 is 2.11 bits per heavy atom. The van der Waals surface area contributed by atoms with E-state index in [9.17, 15) is 0 Å². The molecule has 0 radical (unpaired) electrons. The average Bonchev–Trinajstić information content (AvgIpc) is 1.79. The summed E-state index contributed by atoms with van der Waals surface area (Å²) in [5.74, 6) is 0.863. The van der Waals surface area contributed by atoms with Gasteiger partial charge < -0.3 is 4.90 Å². The molecule has 0 aromatic heterocycles. The summed E-state index contributed by atoms with van der Waals surface area (Å²) in [7, 11) is 2.20. The molecule has 0 aliphatic carbocycles. The van der Waals surface area contributed by atoms with Gasteiger partial charge in [-0.05, 0) is 18.4 Å². The Kier molecular flexibility index (Phi) is 1.55. The fourth-order valence-electron chi connectivity index (χ4n) is 1.63. The summed E-state index contributed by atoms with van der Waals surface area (Å²) in [5.41, 5.74) is 0.550. The maximum Gasteiger partial charge on any atom is 0.00328 e. The number of hydrogen-bond donors (Lipinski definition) is 0. The first-order valence-electron chi connectivity index (χ1n) is 3.71. The highest BCUT2D eigenvalue weighted by Gasteiger charge is 2.33. The van der Waals surface area contributed by atoms with Crippen molar-refractivity contribution in [2.24, 2.45) is 11.3 Å². The molecule has 1 heterocycles. The van der Waals surface area contributed by atoms with Crippen molar-refractivity contribution in [3.8, 4) is 0 Å². The van der Waals surface area contributed by atoms with Crippen molar-refractivity contribution in [3.05, 3.63) is 0 Å². The van der Waals surface area contributed by atoms with Crippen LogP contribution in [0.25, 0.3) is 0 Å². The second-order valence-electron chi connectivity index (χ2n) is 4.09. The van der Waals surface area contributed by atoms with E-state index in [2.05, 4.69) is 32.7 Å². The van der Waals surface area contributed by atoms with Crippen molar-refractivity contribution < 1.29 is 0 Å². The molecule has 0 aromatic carbocycles. The molecule has 1 nitrogen and oxygen atoms in total. The molecule has 1 unspecified atom stereocenters. The van der Waals surface area contributed by atoms with Crippen LogP contribution in [-0.4, -0.2) is 25.0 Å². The zero-order chi connectivity index (χ0) is 7.07. The van der Waals surface area contributed by atoms with Crippen LogP contribution in [0.5, 0.6) is 0 Å². The van der Waals surface area contributed by atoms with E-state index in [1.165, 1.54) is 13.1 Å². The third kappa shape index (κ3) is 1.26. The van der Waals surface area contributed by atoms with Gasteiger partial charge in [0, 0.05) is 13.1 Å². The van der Waals surface area contributed by atoms with E-state index < -0.39 is 0 Å². The highest BCUT2D eigenvalue weighted by Crippen LogP contribution is 2.33. The fraction of sp³-hybridized carbons (Fsp3) is 1.00. The fourth-order valence-corrected chi connectivity index (χ4v) is 1.63. The van der Waals surface area contributed by atoms with Crippen LogP contribution in [0.4, 0.5) is 0 Å². The van der Waals surface area contributed by atoms with Crippen LogP contribution in [0.15, 0.2) is 0 Å². The largest absolute Gasteiger partial charge is 0.306 e. The topological polar surface area (TPSA) is 3.24 Å². The van der Waals surface area contributed by atoms with Crippen molar-refractivity contribution in [2.75, 3.05) is 20.1 Å². The quantitative estimate of drug-likeness (QED) is 0.477. The Labute approximate surface area is 58.0 Å². The summed E-state index contributed by atoms with van der Waals surface area (Å²) in [5, 5.41) is 0. The molecule has 1 rings (SSSR count). The van der Waals surface area contributed by atoms with Gasteiger partial charge in [-0.2, -0.15) is 0 Å². The molecule has 0 bridgehead atoms. The van der Waals surface area contributed by atoms with Gasteiger partial charge in [0.2, 0.25) is 0 Å². The van der Waals surface area contributed by atoms with Gasteiger partial charge in [0.25, 0.3) is 0 Å². The lowest BCUT2D eigenvalue weighted by Gasteiger charge is -2.21. The standard InChI is InChI=1S/C8H17N/c1-7-5-9(4)6-8(7,2)3/h7H,5-6H2,1-4H3. The lowest BCUT2D eigenvalue weighted by atomic mass is 9.84. The Bertz CT molecular complexity index is 107. The van der Waals surface area contributed by atoms with E-state index in [-0.39, 0.29) is 0 Å². The predicted molar refractivity (Wildman–Crippen MR) is 40.4 cm³/mol. The summed E-state index contributed by atoms with van der Waals surface area (Å²) < 4.78 is 0. The minimum Gasteiger partial charge on any atom is -0.306 e. The Morgan fingerprint density at radius 1 is 1.44 bits per heavy atom. The molecule has 0 saturated carbocycles. The molecule has 0 spiro atoms. The van der Waals surface area contributed by atoms with Crippen molar-refractivity contribution >= 4 is 0 Å². The first-order valence-corrected chi connectivity index (χ1v) is 3.71. The second kappa shape index (κ2) is 1.98. The van der Waals surface area contributed by atoms with Crippen LogP contribution in [0.2, 0.25) is 0 Å². The maximum absolute atomic E-state index is 2.41. The molecular weight excluding hydrogens is 110 g/mol. The van der Waals surface area contributed by atoms with Crippen LogP contribution in [-0.2, 0) is 0 Å². The zero-order valence-corrected chi connectivity index (χ0v) is 6.94. The number of likely N-dealkylation sites (tertiary alicyclic amines) is 1. The van der Waals surface area contributed by atoms with Crippen LogP contribution >= 0.6 is 0 Å². The first kappa shape index (κ1) is 7.07.